The Kier molecular flexibility index (Phi) is 3.60. The SMILES string of the molecule is C=CC(C)(C)CN=C(N)NN. The van der Waals surface area contributed by atoms with Crippen LogP contribution >= 0.6 is 0 Å². The van der Waals surface area contributed by atoms with Gasteiger partial charge in [0.15, 0.2) is 0 Å². The molecule has 0 aliphatic rings. The van der Waals surface area contributed by atoms with Crippen LogP contribution < -0.4 is 17.0 Å². The maximum Gasteiger partial charge on any atom is 0.203 e. The fourth-order valence-electron chi connectivity index (χ4n) is 0.399. The summed E-state index contributed by atoms with van der Waals surface area (Å²) in [6.07, 6.45) is 1.83. The van der Waals surface area contributed by atoms with Crippen molar-refractivity contribution in [1.29, 1.82) is 0 Å². The highest BCUT2D eigenvalue weighted by Gasteiger charge is 2.11. The highest BCUT2D eigenvalue weighted by atomic mass is 15.3. The molecule has 4 heteroatoms. The molecule has 0 atom stereocenters. The van der Waals surface area contributed by atoms with Crippen molar-refractivity contribution >= 4 is 5.96 Å². The molecule has 0 heterocycles. The van der Waals surface area contributed by atoms with Crippen molar-refractivity contribution in [2.24, 2.45) is 22.0 Å². The Labute approximate surface area is 67.3 Å². The second-order valence-corrected chi connectivity index (χ2v) is 3.04. The summed E-state index contributed by atoms with van der Waals surface area (Å²) in [6.45, 7) is 8.31. The van der Waals surface area contributed by atoms with Crippen LogP contribution in [0.2, 0.25) is 0 Å². The van der Waals surface area contributed by atoms with Crippen LogP contribution in [0.25, 0.3) is 0 Å². The van der Waals surface area contributed by atoms with Gasteiger partial charge in [0.1, 0.15) is 0 Å². The number of nitrogens with zero attached hydrogens (tertiary/aromatic N) is 1. The van der Waals surface area contributed by atoms with Crippen LogP contribution in [0.4, 0.5) is 0 Å². The van der Waals surface area contributed by atoms with E-state index in [2.05, 4.69) is 17.0 Å². The number of hydrogen-bond donors (Lipinski definition) is 3. The maximum absolute atomic E-state index is 5.31. The van der Waals surface area contributed by atoms with Gasteiger partial charge >= 0.3 is 0 Å². The highest BCUT2D eigenvalue weighted by molar-refractivity contribution is 5.77. The van der Waals surface area contributed by atoms with Gasteiger partial charge in [-0.1, -0.05) is 19.9 Å². The zero-order chi connectivity index (χ0) is 8.91. The number of nitrogens with two attached hydrogens (primary N) is 2. The molecule has 64 valence electrons. The van der Waals surface area contributed by atoms with Gasteiger partial charge < -0.3 is 5.73 Å². The monoisotopic (exact) mass is 156 g/mol. The molecule has 0 aromatic carbocycles. The summed E-state index contributed by atoms with van der Waals surface area (Å²) in [5.74, 6) is 5.26. The van der Waals surface area contributed by atoms with Gasteiger partial charge in [-0.2, -0.15) is 0 Å². The van der Waals surface area contributed by atoms with Crippen molar-refractivity contribution in [2.75, 3.05) is 6.54 Å². The summed E-state index contributed by atoms with van der Waals surface area (Å²) in [4.78, 5) is 3.97. The number of guanidine groups is 1. The Balaban J connectivity index is 3.96. The summed E-state index contributed by atoms with van der Waals surface area (Å²) < 4.78 is 0. The first-order chi connectivity index (χ1) is 5.02. The molecule has 0 saturated heterocycles. The van der Waals surface area contributed by atoms with Gasteiger partial charge in [-0.05, 0) is 0 Å². The molecule has 0 saturated carbocycles. The van der Waals surface area contributed by atoms with E-state index in [0.717, 1.165) is 0 Å². The average molecular weight is 156 g/mol. The molecule has 0 spiro atoms. The van der Waals surface area contributed by atoms with E-state index in [1.807, 2.05) is 19.9 Å². The smallest absolute Gasteiger partial charge is 0.203 e. The van der Waals surface area contributed by atoms with Crippen molar-refractivity contribution in [3.63, 3.8) is 0 Å². The molecule has 5 N–H and O–H groups in total. The topological polar surface area (TPSA) is 76.4 Å². The summed E-state index contributed by atoms with van der Waals surface area (Å²) >= 11 is 0. The lowest BCUT2D eigenvalue weighted by molar-refractivity contribution is 0.497. The van der Waals surface area contributed by atoms with Gasteiger partial charge in [0.05, 0.1) is 6.54 Å². The molecule has 0 aromatic rings. The number of nitrogens with one attached hydrogen (secondary N) is 1. The van der Waals surface area contributed by atoms with Crippen LogP contribution in [0.5, 0.6) is 0 Å². The van der Waals surface area contributed by atoms with E-state index in [9.17, 15) is 0 Å². The van der Waals surface area contributed by atoms with Gasteiger partial charge in [0.2, 0.25) is 5.96 Å². The average Bonchev–Trinajstić information content (AvgIpc) is 2.00. The molecule has 4 nitrogen and oxygen atoms in total. The lowest BCUT2D eigenvalue weighted by Gasteiger charge is -2.16. The molecule has 0 aliphatic carbocycles. The number of hydrogen-bond acceptors (Lipinski definition) is 2. The van der Waals surface area contributed by atoms with Gasteiger partial charge in [-0.25, -0.2) is 5.84 Å². The predicted molar refractivity (Wildman–Crippen MR) is 47.8 cm³/mol. The molecular formula is C7H16N4. The van der Waals surface area contributed by atoms with E-state index < -0.39 is 0 Å². The Bertz CT molecular complexity index is 160. The third-order valence-corrected chi connectivity index (χ3v) is 1.36. The molecule has 0 aliphatic heterocycles. The summed E-state index contributed by atoms with van der Waals surface area (Å²) in [7, 11) is 0. The number of aliphatic imine (C=N–C) groups is 1. The molecule has 0 amide bonds. The second-order valence-electron chi connectivity index (χ2n) is 3.04. The fraction of sp³-hybridized carbons (Fsp3) is 0.571. The van der Waals surface area contributed by atoms with E-state index in [-0.39, 0.29) is 11.4 Å². The molecule has 0 unspecified atom stereocenters. The van der Waals surface area contributed by atoms with Crippen LogP contribution in [-0.4, -0.2) is 12.5 Å². The molecule has 0 rings (SSSR count). The van der Waals surface area contributed by atoms with Gasteiger partial charge in [-0.3, -0.25) is 10.4 Å². The van der Waals surface area contributed by atoms with Crippen LogP contribution in [0.15, 0.2) is 17.6 Å². The van der Waals surface area contributed by atoms with Crippen LogP contribution in [0.1, 0.15) is 13.8 Å². The zero-order valence-electron chi connectivity index (χ0n) is 7.09. The van der Waals surface area contributed by atoms with Crippen molar-refractivity contribution < 1.29 is 0 Å². The standard InChI is InChI=1S/C7H16N4/c1-4-7(2,3)5-10-6(8)11-9/h4H,1,5,9H2,2-3H3,(H3,8,10,11). The van der Waals surface area contributed by atoms with Crippen LogP contribution in [0.3, 0.4) is 0 Å². The van der Waals surface area contributed by atoms with Gasteiger partial charge in [-0.15, -0.1) is 6.58 Å². The minimum atomic E-state index is -0.0263. The minimum Gasteiger partial charge on any atom is -0.369 e. The first kappa shape index (κ1) is 9.97. The zero-order valence-corrected chi connectivity index (χ0v) is 7.09. The van der Waals surface area contributed by atoms with Crippen molar-refractivity contribution in [3.05, 3.63) is 12.7 Å². The lowest BCUT2D eigenvalue weighted by Crippen LogP contribution is -2.37. The highest BCUT2D eigenvalue weighted by Crippen LogP contribution is 2.15. The first-order valence-electron chi connectivity index (χ1n) is 3.42. The van der Waals surface area contributed by atoms with Crippen molar-refractivity contribution in [1.82, 2.24) is 5.43 Å². The Morgan fingerprint density at radius 1 is 1.73 bits per heavy atom. The quantitative estimate of drug-likeness (QED) is 0.177. The van der Waals surface area contributed by atoms with E-state index in [1.165, 1.54) is 0 Å². The summed E-state index contributed by atoms with van der Waals surface area (Å²) in [5, 5.41) is 0. The Hall–Kier alpha value is -1.03. The van der Waals surface area contributed by atoms with E-state index in [4.69, 9.17) is 11.6 Å². The number of hydrazine groups is 1. The van der Waals surface area contributed by atoms with E-state index >= 15 is 0 Å². The van der Waals surface area contributed by atoms with Crippen molar-refractivity contribution in [3.8, 4) is 0 Å². The minimum absolute atomic E-state index is 0.0263. The first-order valence-corrected chi connectivity index (χ1v) is 3.42. The maximum atomic E-state index is 5.31. The molecule has 0 aromatic heterocycles. The molecule has 0 radical (unpaired) electrons. The van der Waals surface area contributed by atoms with Gasteiger partial charge in [0.25, 0.3) is 0 Å². The third-order valence-electron chi connectivity index (χ3n) is 1.36. The van der Waals surface area contributed by atoms with Crippen LogP contribution in [0, 0.1) is 5.41 Å². The largest absolute Gasteiger partial charge is 0.369 e. The predicted octanol–water partition coefficient (Wildman–Crippen LogP) is -0.0234. The van der Waals surface area contributed by atoms with E-state index in [1.54, 1.807) is 0 Å². The molecule has 0 bridgehead atoms. The second kappa shape index (κ2) is 3.98. The molecule has 11 heavy (non-hydrogen) atoms. The summed E-state index contributed by atoms with van der Waals surface area (Å²) in [6, 6.07) is 0. The Morgan fingerprint density at radius 3 is 2.64 bits per heavy atom. The third kappa shape index (κ3) is 4.38. The fourth-order valence-corrected chi connectivity index (χ4v) is 0.399. The van der Waals surface area contributed by atoms with E-state index in [0.29, 0.717) is 6.54 Å². The van der Waals surface area contributed by atoms with Crippen molar-refractivity contribution in [2.45, 2.75) is 13.8 Å². The summed E-state index contributed by atoms with van der Waals surface area (Å²) in [5.41, 5.74) is 7.54. The normalized spacial score (nSPS) is 12.8. The van der Waals surface area contributed by atoms with Crippen LogP contribution in [-0.2, 0) is 0 Å². The Morgan fingerprint density at radius 2 is 2.27 bits per heavy atom. The number of rotatable bonds is 3. The molecule has 0 fully saturated rings. The molecular weight excluding hydrogens is 140 g/mol. The lowest BCUT2D eigenvalue weighted by atomic mass is 9.94. The van der Waals surface area contributed by atoms with Gasteiger partial charge in [0, 0.05) is 5.41 Å².